The fourth-order valence-electron chi connectivity index (χ4n) is 2.98. The number of methoxy groups -OCH3 is 1. The fourth-order valence-corrected chi connectivity index (χ4v) is 2.98. The van der Waals surface area contributed by atoms with E-state index in [1.54, 1.807) is 7.11 Å². The lowest BCUT2D eigenvalue weighted by atomic mass is 10.1. The Bertz CT molecular complexity index is 612. The first-order valence-corrected chi connectivity index (χ1v) is 7.18. The highest BCUT2D eigenvalue weighted by Gasteiger charge is 2.21. The van der Waals surface area contributed by atoms with Crippen LogP contribution in [-0.2, 0) is 0 Å². The number of hydrogen-bond donors (Lipinski definition) is 1. The lowest BCUT2D eigenvalue weighted by Crippen LogP contribution is -2.05. The van der Waals surface area contributed by atoms with Gasteiger partial charge >= 0.3 is 0 Å². The van der Waals surface area contributed by atoms with Gasteiger partial charge in [-0.25, -0.2) is 0 Å². The molecule has 0 aliphatic heterocycles. The summed E-state index contributed by atoms with van der Waals surface area (Å²) in [6.45, 7) is 2.06. The normalized spacial score (nSPS) is 15.7. The van der Waals surface area contributed by atoms with Crippen molar-refractivity contribution in [3.05, 3.63) is 30.0 Å². The van der Waals surface area contributed by atoms with Crippen molar-refractivity contribution in [3.63, 3.8) is 0 Å². The Kier molecular flexibility index (Phi) is 3.38. The molecule has 0 spiro atoms. The van der Waals surface area contributed by atoms with Crippen molar-refractivity contribution in [2.45, 2.75) is 38.6 Å². The van der Waals surface area contributed by atoms with E-state index in [2.05, 4.69) is 13.0 Å². The van der Waals surface area contributed by atoms with Gasteiger partial charge in [-0.2, -0.15) is 5.10 Å². The zero-order chi connectivity index (χ0) is 14.1. The van der Waals surface area contributed by atoms with Crippen LogP contribution in [0.2, 0.25) is 0 Å². The monoisotopic (exact) mass is 271 g/mol. The van der Waals surface area contributed by atoms with Crippen molar-refractivity contribution in [2.24, 2.45) is 0 Å². The Morgan fingerprint density at radius 1 is 1.30 bits per heavy atom. The second-order valence-corrected chi connectivity index (χ2v) is 5.56. The Morgan fingerprint density at radius 3 is 2.75 bits per heavy atom. The van der Waals surface area contributed by atoms with Gasteiger partial charge in [0.1, 0.15) is 11.4 Å². The molecule has 106 valence electrons. The molecule has 4 heteroatoms. The molecule has 0 saturated heterocycles. The molecule has 0 bridgehead atoms. The highest BCUT2D eigenvalue weighted by molar-refractivity contribution is 5.77. The van der Waals surface area contributed by atoms with Crippen LogP contribution in [0.4, 0.5) is 5.69 Å². The smallest absolute Gasteiger partial charge is 0.128 e. The van der Waals surface area contributed by atoms with Gasteiger partial charge < -0.3 is 10.5 Å². The predicted molar refractivity (Wildman–Crippen MR) is 80.9 cm³/mol. The number of aromatic nitrogens is 2. The summed E-state index contributed by atoms with van der Waals surface area (Å²) in [5, 5.41) is 4.72. The summed E-state index contributed by atoms with van der Waals surface area (Å²) in [7, 11) is 1.68. The average molecular weight is 271 g/mol. The zero-order valence-corrected chi connectivity index (χ0v) is 12.1. The van der Waals surface area contributed by atoms with Crippen molar-refractivity contribution in [3.8, 4) is 17.0 Å². The molecule has 1 aliphatic carbocycles. The van der Waals surface area contributed by atoms with Gasteiger partial charge in [0, 0.05) is 11.8 Å². The summed E-state index contributed by atoms with van der Waals surface area (Å²) >= 11 is 0. The topological polar surface area (TPSA) is 53.1 Å². The first-order valence-electron chi connectivity index (χ1n) is 7.18. The van der Waals surface area contributed by atoms with Crippen LogP contribution in [0.5, 0.6) is 5.75 Å². The second-order valence-electron chi connectivity index (χ2n) is 5.56. The number of benzene rings is 1. The van der Waals surface area contributed by atoms with Crippen LogP contribution < -0.4 is 10.5 Å². The lowest BCUT2D eigenvalue weighted by molar-refractivity contribution is 0.416. The third kappa shape index (κ3) is 2.26. The number of nitrogens with two attached hydrogens (primary N) is 1. The van der Waals surface area contributed by atoms with Crippen LogP contribution in [0.25, 0.3) is 11.3 Å². The Labute approximate surface area is 119 Å². The number of hydrogen-bond acceptors (Lipinski definition) is 3. The summed E-state index contributed by atoms with van der Waals surface area (Å²) in [5.74, 6) is 0.818. The van der Waals surface area contributed by atoms with Gasteiger partial charge in [-0.05, 0) is 31.9 Å². The van der Waals surface area contributed by atoms with E-state index in [1.165, 1.54) is 31.2 Å². The van der Waals surface area contributed by atoms with Crippen LogP contribution in [0, 0.1) is 6.92 Å². The molecule has 1 fully saturated rings. The molecule has 3 rings (SSSR count). The minimum absolute atomic E-state index is 0.502. The van der Waals surface area contributed by atoms with Crippen LogP contribution in [0.3, 0.4) is 0 Å². The largest absolute Gasteiger partial charge is 0.496 e. The molecule has 1 aromatic heterocycles. The van der Waals surface area contributed by atoms with Crippen molar-refractivity contribution >= 4 is 5.69 Å². The molecule has 0 amide bonds. The van der Waals surface area contributed by atoms with E-state index in [0.717, 1.165) is 22.7 Å². The number of rotatable bonds is 3. The van der Waals surface area contributed by atoms with Crippen LogP contribution in [0.1, 0.15) is 37.3 Å². The molecule has 20 heavy (non-hydrogen) atoms. The fraction of sp³-hybridized carbons (Fsp3) is 0.438. The van der Waals surface area contributed by atoms with E-state index < -0.39 is 0 Å². The van der Waals surface area contributed by atoms with Gasteiger partial charge in [0.15, 0.2) is 0 Å². The Balaban J connectivity index is 2.03. The van der Waals surface area contributed by atoms with Crippen LogP contribution >= 0.6 is 0 Å². The molecule has 2 N–H and O–H groups in total. The van der Waals surface area contributed by atoms with Crippen LogP contribution in [-0.4, -0.2) is 16.9 Å². The van der Waals surface area contributed by atoms with E-state index >= 15 is 0 Å². The molecule has 4 nitrogen and oxygen atoms in total. The lowest BCUT2D eigenvalue weighted by Gasteiger charge is -2.10. The molecule has 0 unspecified atom stereocenters. The van der Waals surface area contributed by atoms with Crippen molar-refractivity contribution < 1.29 is 4.74 Å². The van der Waals surface area contributed by atoms with Gasteiger partial charge in [0.05, 0.1) is 18.8 Å². The highest BCUT2D eigenvalue weighted by Crippen LogP contribution is 2.36. The number of ether oxygens (including phenoxy) is 1. The standard InChI is InChI=1S/C16H21N3O/c1-11-7-8-15(20-2)13(9-11)16-14(17)10-19(18-16)12-5-3-4-6-12/h7-10,12H,3-6,17H2,1-2H3. The average Bonchev–Trinajstić information content (AvgIpc) is 3.07. The van der Waals surface area contributed by atoms with Crippen molar-refractivity contribution in [1.29, 1.82) is 0 Å². The first-order chi connectivity index (χ1) is 9.69. The minimum Gasteiger partial charge on any atom is -0.496 e. The van der Waals surface area contributed by atoms with Crippen molar-refractivity contribution in [2.75, 3.05) is 12.8 Å². The summed E-state index contributed by atoms with van der Waals surface area (Å²) in [6, 6.07) is 6.59. The van der Waals surface area contributed by atoms with E-state index in [9.17, 15) is 0 Å². The first kappa shape index (κ1) is 13.0. The van der Waals surface area contributed by atoms with E-state index in [4.69, 9.17) is 15.6 Å². The zero-order valence-electron chi connectivity index (χ0n) is 12.1. The number of nitrogens with zero attached hydrogens (tertiary/aromatic N) is 2. The third-order valence-corrected chi connectivity index (χ3v) is 4.07. The van der Waals surface area contributed by atoms with Crippen LogP contribution in [0.15, 0.2) is 24.4 Å². The maximum atomic E-state index is 6.18. The highest BCUT2D eigenvalue weighted by atomic mass is 16.5. The summed E-state index contributed by atoms with van der Waals surface area (Å²) < 4.78 is 7.48. The Hall–Kier alpha value is -1.97. The van der Waals surface area contributed by atoms with Gasteiger partial charge in [-0.3, -0.25) is 4.68 Å². The summed E-state index contributed by atoms with van der Waals surface area (Å²) in [4.78, 5) is 0. The van der Waals surface area contributed by atoms with E-state index in [-0.39, 0.29) is 0 Å². The molecule has 0 atom stereocenters. The molecule has 0 radical (unpaired) electrons. The number of anilines is 1. The second kappa shape index (κ2) is 5.19. The van der Waals surface area contributed by atoms with Crippen molar-refractivity contribution in [1.82, 2.24) is 9.78 Å². The van der Waals surface area contributed by atoms with Gasteiger partial charge in [-0.1, -0.05) is 24.5 Å². The Morgan fingerprint density at radius 2 is 2.05 bits per heavy atom. The maximum Gasteiger partial charge on any atom is 0.128 e. The molecule has 1 saturated carbocycles. The third-order valence-electron chi connectivity index (χ3n) is 4.07. The quantitative estimate of drug-likeness (QED) is 0.928. The molecule has 2 aromatic rings. The summed E-state index contributed by atoms with van der Waals surface area (Å²) in [6.07, 6.45) is 6.94. The molecule has 1 aromatic carbocycles. The molecule has 1 aliphatic rings. The van der Waals surface area contributed by atoms with E-state index in [1.807, 2.05) is 23.0 Å². The molecular weight excluding hydrogens is 250 g/mol. The number of nitrogen functional groups attached to an aromatic ring is 1. The SMILES string of the molecule is COc1ccc(C)cc1-c1nn(C2CCCC2)cc1N. The summed E-state index contributed by atoms with van der Waals surface area (Å²) in [5.41, 5.74) is 9.88. The van der Waals surface area contributed by atoms with Gasteiger partial charge in [0.2, 0.25) is 0 Å². The van der Waals surface area contributed by atoms with Gasteiger partial charge in [-0.15, -0.1) is 0 Å². The predicted octanol–water partition coefficient (Wildman–Crippen LogP) is 3.56. The minimum atomic E-state index is 0.502. The van der Waals surface area contributed by atoms with Gasteiger partial charge in [0.25, 0.3) is 0 Å². The maximum absolute atomic E-state index is 6.18. The number of aryl methyl sites for hydroxylation is 1. The molecular formula is C16H21N3O. The van der Waals surface area contributed by atoms with E-state index in [0.29, 0.717) is 6.04 Å². The molecule has 1 heterocycles.